The predicted octanol–water partition coefficient (Wildman–Crippen LogP) is 2.52. The van der Waals surface area contributed by atoms with E-state index in [4.69, 9.17) is 24.5 Å². The van der Waals surface area contributed by atoms with E-state index < -0.39 is 11.9 Å². The van der Waals surface area contributed by atoms with Crippen LogP contribution in [0.5, 0.6) is 5.75 Å². The summed E-state index contributed by atoms with van der Waals surface area (Å²) in [5, 5.41) is 18.5. The van der Waals surface area contributed by atoms with Gasteiger partial charge in [0, 0.05) is 12.6 Å². The third-order valence-electron chi connectivity index (χ3n) is 4.00. The van der Waals surface area contributed by atoms with E-state index in [-0.39, 0.29) is 0 Å². The first-order valence-corrected chi connectivity index (χ1v) is 7.76. The largest absolute Gasteiger partial charge is 0.497 e. The molecular weight excluding hydrogens is 298 g/mol. The van der Waals surface area contributed by atoms with Gasteiger partial charge in [-0.25, -0.2) is 9.59 Å². The molecule has 2 unspecified atom stereocenters. The van der Waals surface area contributed by atoms with E-state index in [1.807, 2.05) is 6.07 Å². The third kappa shape index (κ3) is 7.15. The zero-order valence-electron chi connectivity index (χ0n) is 13.6. The van der Waals surface area contributed by atoms with Crippen LogP contribution in [0.3, 0.4) is 0 Å². The van der Waals surface area contributed by atoms with Gasteiger partial charge in [-0.15, -0.1) is 0 Å². The van der Waals surface area contributed by atoms with E-state index in [1.54, 1.807) is 7.11 Å². The quantitative estimate of drug-likeness (QED) is 0.737. The number of hydrogen-bond acceptors (Lipinski definition) is 4. The molecule has 0 radical (unpaired) electrons. The zero-order chi connectivity index (χ0) is 17.2. The number of methoxy groups -OCH3 is 1. The fourth-order valence-corrected chi connectivity index (χ4v) is 2.65. The summed E-state index contributed by atoms with van der Waals surface area (Å²) in [6.07, 6.45) is 5.47. The highest BCUT2D eigenvalue weighted by atomic mass is 16.5. The fraction of sp³-hybridized carbons (Fsp3) is 0.529. The van der Waals surface area contributed by atoms with E-state index in [1.165, 1.54) is 31.2 Å². The number of carbonyl (C=O) groups is 2. The van der Waals surface area contributed by atoms with Gasteiger partial charge < -0.3 is 20.3 Å². The van der Waals surface area contributed by atoms with Crippen molar-refractivity contribution < 1.29 is 24.5 Å². The normalized spacial score (nSPS) is 20.1. The van der Waals surface area contributed by atoms with Gasteiger partial charge in [-0.05, 0) is 36.5 Å². The molecule has 1 saturated carbocycles. The van der Waals surface area contributed by atoms with Crippen molar-refractivity contribution in [2.24, 2.45) is 5.92 Å². The second-order valence-corrected chi connectivity index (χ2v) is 5.71. The molecule has 1 fully saturated rings. The lowest BCUT2D eigenvalue weighted by atomic mass is 9.86. The second kappa shape index (κ2) is 9.84. The molecule has 23 heavy (non-hydrogen) atoms. The maximum absolute atomic E-state index is 9.10. The molecule has 1 aromatic rings. The number of nitrogens with one attached hydrogen (secondary N) is 1. The molecule has 1 aromatic carbocycles. The second-order valence-electron chi connectivity index (χ2n) is 5.71. The summed E-state index contributed by atoms with van der Waals surface area (Å²) >= 11 is 0. The van der Waals surface area contributed by atoms with Crippen LogP contribution in [0.1, 0.15) is 38.2 Å². The van der Waals surface area contributed by atoms with Crippen molar-refractivity contribution in [3.05, 3.63) is 29.8 Å². The van der Waals surface area contributed by atoms with Crippen molar-refractivity contribution in [3.63, 3.8) is 0 Å². The Morgan fingerprint density at radius 1 is 1.22 bits per heavy atom. The van der Waals surface area contributed by atoms with Crippen molar-refractivity contribution >= 4 is 11.9 Å². The van der Waals surface area contributed by atoms with Crippen molar-refractivity contribution in [2.75, 3.05) is 7.11 Å². The smallest absolute Gasteiger partial charge is 0.414 e. The van der Waals surface area contributed by atoms with Gasteiger partial charge in [-0.3, -0.25) is 0 Å². The molecule has 0 aliphatic heterocycles. The first-order valence-electron chi connectivity index (χ1n) is 7.76. The Bertz CT molecular complexity index is 505. The summed E-state index contributed by atoms with van der Waals surface area (Å²) in [6, 6.07) is 9.01. The molecule has 0 heterocycles. The van der Waals surface area contributed by atoms with Crippen LogP contribution in [0.25, 0.3) is 0 Å². The standard InChI is InChI=1S/C15H23NO.C2H2O4/c1-12-6-3-4-9-15(12)16-11-13-7-5-8-14(10-13)17-2;3-1(4)2(5)6/h5,7-8,10,12,15-16H,3-4,6,9,11H2,1-2H3;(H,3,4)(H,5,6). The van der Waals surface area contributed by atoms with Gasteiger partial charge in [0.15, 0.2) is 0 Å². The number of rotatable bonds is 4. The van der Waals surface area contributed by atoms with Gasteiger partial charge >= 0.3 is 11.9 Å². The molecule has 2 rings (SSSR count). The minimum absolute atomic E-state index is 0.690. The number of carboxylic acid groups (broad SMARTS) is 2. The van der Waals surface area contributed by atoms with Crippen LogP contribution < -0.4 is 10.1 Å². The summed E-state index contributed by atoms with van der Waals surface area (Å²) in [6.45, 7) is 3.31. The first-order chi connectivity index (χ1) is 10.9. The highest BCUT2D eigenvalue weighted by Crippen LogP contribution is 2.24. The lowest BCUT2D eigenvalue weighted by molar-refractivity contribution is -0.159. The molecule has 1 aliphatic rings. The monoisotopic (exact) mass is 323 g/mol. The van der Waals surface area contributed by atoms with Gasteiger partial charge in [0.05, 0.1) is 7.11 Å². The molecule has 2 atom stereocenters. The van der Waals surface area contributed by atoms with Crippen molar-refractivity contribution in [3.8, 4) is 5.75 Å². The number of ether oxygens (including phenoxy) is 1. The Balaban J connectivity index is 0.000000379. The zero-order valence-corrected chi connectivity index (χ0v) is 13.6. The average Bonchev–Trinajstić information content (AvgIpc) is 2.55. The van der Waals surface area contributed by atoms with E-state index in [0.717, 1.165) is 18.2 Å². The van der Waals surface area contributed by atoms with E-state index in [0.29, 0.717) is 6.04 Å². The van der Waals surface area contributed by atoms with Crippen molar-refractivity contribution in [2.45, 2.75) is 45.2 Å². The predicted molar refractivity (Wildman–Crippen MR) is 86.5 cm³/mol. The summed E-state index contributed by atoms with van der Waals surface area (Å²) < 4.78 is 5.24. The SMILES string of the molecule is COc1cccc(CNC2CCCCC2C)c1.O=C(O)C(=O)O. The molecule has 0 saturated heterocycles. The van der Waals surface area contributed by atoms with Crippen LogP contribution >= 0.6 is 0 Å². The van der Waals surface area contributed by atoms with Crippen molar-refractivity contribution in [1.29, 1.82) is 0 Å². The molecule has 1 aliphatic carbocycles. The van der Waals surface area contributed by atoms with Crippen LogP contribution in [0.2, 0.25) is 0 Å². The molecule has 0 amide bonds. The first kappa shape index (κ1) is 19.0. The number of hydrogen-bond donors (Lipinski definition) is 3. The van der Waals surface area contributed by atoms with E-state index in [9.17, 15) is 0 Å². The molecule has 0 bridgehead atoms. The Morgan fingerprint density at radius 3 is 2.43 bits per heavy atom. The lowest BCUT2D eigenvalue weighted by Crippen LogP contribution is -2.36. The van der Waals surface area contributed by atoms with E-state index in [2.05, 4.69) is 30.4 Å². The summed E-state index contributed by atoms with van der Waals surface area (Å²) in [5.74, 6) is -1.89. The molecule has 0 spiro atoms. The van der Waals surface area contributed by atoms with Crippen LogP contribution in [0.15, 0.2) is 24.3 Å². The van der Waals surface area contributed by atoms with Crippen LogP contribution in [-0.2, 0) is 16.1 Å². The van der Waals surface area contributed by atoms with Crippen LogP contribution in [-0.4, -0.2) is 35.3 Å². The van der Waals surface area contributed by atoms with Gasteiger partial charge in [0.25, 0.3) is 0 Å². The Hall–Kier alpha value is -2.08. The topological polar surface area (TPSA) is 95.9 Å². The fourth-order valence-electron chi connectivity index (χ4n) is 2.65. The molecule has 128 valence electrons. The molecule has 6 nitrogen and oxygen atoms in total. The molecule has 3 N–H and O–H groups in total. The molecular formula is C17H25NO5. The van der Waals surface area contributed by atoms with Gasteiger partial charge in [-0.1, -0.05) is 31.9 Å². The van der Waals surface area contributed by atoms with Gasteiger partial charge in [0.2, 0.25) is 0 Å². The molecule has 0 aromatic heterocycles. The number of carboxylic acids is 2. The summed E-state index contributed by atoms with van der Waals surface area (Å²) in [7, 11) is 1.72. The summed E-state index contributed by atoms with van der Waals surface area (Å²) in [4.78, 5) is 18.2. The maximum Gasteiger partial charge on any atom is 0.414 e. The van der Waals surface area contributed by atoms with Gasteiger partial charge in [0.1, 0.15) is 5.75 Å². The summed E-state index contributed by atoms with van der Waals surface area (Å²) in [5.41, 5.74) is 1.31. The Kier molecular flexibility index (Phi) is 8.11. The minimum Gasteiger partial charge on any atom is -0.497 e. The minimum atomic E-state index is -1.82. The van der Waals surface area contributed by atoms with E-state index >= 15 is 0 Å². The average molecular weight is 323 g/mol. The van der Waals surface area contributed by atoms with Crippen LogP contribution in [0.4, 0.5) is 0 Å². The maximum atomic E-state index is 9.10. The highest BCUT2D eigenvalue weighted by molar-refractivity contribution is 6.27. The Labute approximate surface area is 136 Å². The van der Waals surface area contributed by atoms with Crippen LogP contribution in [0, 0.1) is 5.92 Å². The number of benzene rings is 1. The lowest BCUT2D eigenvalue weighted by Gasteiger charge is -2.29. The number of aliphatic carboxylic acids is 2. The molecule has 6 heteroatoms. The van der Waals surface area contributed by atoms with Crippen molar-refractivity contribution in [1.82, 2.24) is 5.32 Å². The highest BCUT2D eigenvalue weighted by Gasteiger charge is 2.20. The third-order valence-corrected chi connectivity index (χ3v) is 4.00. The Morgan fingerprint density at radius 2 is 1.87 bits per heavy atom. The van der Waals surface area contributed by atoms with Gasteiger partial charge in [-0.2, -0.15) is 0 Å².